The van der Waals surface area contributed by atoms with Gasteiger partial charge in [0.25, 0.3) is 11.7 Å². The van der Waals surface area contributed by atoms with Crippen LogP contribution in [0.2, 0.25) is 0 Å². The number of hydrogen-bond acceptors (Lipinski definition) is 13. The van der Waals surface area contributed by atoms with Crippen LogP contribution in [-0.2, 0) is 47.7 Å². The van der Waals surface area contributed by atoms with Crippen molar-refractivity contribution in [1.29, 1.82) is 0 Å². The largest absolute Gasteiger partial charge is 0.460 e. The van der Waals surface area contributed by atoms with E-state index in [4.69, 9.17) is 23.7 Å². The number of aliphatic hydroxyl groups excluding tert-OH is 2. The highest BCUT2D eigenvalue weighted by molar-refractivity contribution is 6.39. The lowest BCUT2D eigenvalue weighted by molar-refractivity contribution is -0.265. The monoisotopic (exact) mass is 914 g/mol. The molecule has 15 atom stereocenters. The first-order chi connectivity index (χ1) is 30.7. The maximum absolute atomic E-state index is 14.4. The number of cyclic esters (lactones) is 1. The first kappa shape index (κ1) is 54.2. The molecule has 366 valence electrons. The lowest BCUT2D eigenvalue weighted by Gasteiger charge is -2.42. The summed E-state index contributed by atoms with van der Waals surface area (Å²) >= 11 is 0. The van der Waals surface area contributed by atoms with E-state index in [2.05, 4.69) is 0 Å². The van der Waals surface area contributed by atoms with Gasteiger partial charge >= 0.3 is 5.97 Å². The molecular weight excluding hydrogens is 835 g/mol. The number of Topliss-reactive ketones (excluding diaryl/α,β-unsaturated/α-hetero) is 3. The van der Waals surface area contributed by atoms with Crippen molar-refractivity contribution >= 4 is 29.2 Å². The Kier molecular flexibility index (Phi) is 21.0. The second-order valence-electron chi connectivity index (χ2n) is 19.6. The zero-order valence-electron chi connectivity index (χ0n) is 40.6. The summed E-state index contributed by atoms with van der Waals surface area (Å²) in [5.74, 6) is -7.96. The van der Waals surface area contributed by atoms with Crippen LogP contribution in [0.4, 0.5) is 0 Å². The molecule has 1 aliphatic carbocycles. The third-order valence-electron chi connectivity index (χ3n) is 14.5. The van der Waals surface area contributed by atoms with Crippen molar-refractivity contribution in [1.82, 2.24) is 4.90 Å². The van der Waals surface area contributed by atoms with E-state index in [9.17, 15) is 39.3 Å². The van der Waals surface area contributed by atoms with E-state index in [1.807, 2.05) is 58.1 Å². The highest BCUT2D eigenvalue weighted by Gasteiger charge is 2.53. The zero-order valence-corrected chi connectivity index (χ0v) is 40.6. The molecule has 3 N–H and O–H groups in total. The third-order valence-corrected chi connectivity index (χ3v) is 14.5. The second kappa shape index (κ2) is 25.1. The van der Waals surface area contributed by atoms with Gasteiger partial charge in [0.15, 0.2) is 5.78 Å². The lowest BCUT2D eigenvalue weighted by atomic mass is 9.78. The van der Waals surface area contributed by atoms with Gasteiger partial charge < -0.3 is 43.9 Å². The van der Waals surface area contributed by atoms with Gasteiger partial charge in [0, 0.05) is 58.5 Å². The topological polar surface area (TPSA) is 195 Å². The van der Waals surface area contributed by atoms with Gasteiger partial charge in [-0.25, -0.2) is 4.79 Å². The smallest absolute Gasteiger partial charge is 0.329 e. The average Bonchev–Trinajstić information content (AvgIpc) is 3.28. The summed E-state index contributed by atoms with van der Waals surface area (Å²) in [4.78, 5) is 71.8. The molecule has 3 heterocycles. The van der Waals surface area contributed by atoms with Crippen molar-refractivity contribution < 1.29 is 63.0 Å². The van der Waals surface area contributed by atoms with Gasteiger partial charge in [-0.3, -0.25) is 19.2 Å². The molecule has 2 bridgehead atoms. The molecule has 0 aromatic heterocycles. The summed E-state index contributed by atoms with van der Waals surface area (Å²) in [6, 6.07) is -1.14. The Morgan fingerprint density at radius 1 is 0.846 bits per heavy atom. The Hall–Kier alpha value is -3.37. The van der Waals surface area contributed by atoms with Crippen molar-refractivity contribution in [2.24, 2.45) is 35.5 Å². The van der Waals surface area contributed by atoms with E-state index < -0.39 is 83.9 Å². The van der Waals surface area contributed by atoms with E-state index in [-0.39, 0.29) is 54.8 Å². The minimum absolute atomic E-state index is 0.0193. The number of carbonyl (C=O) groups is 5. The Balaban J connectivity index is 1.70. The molecule has 0 aromatic carbocycles. The van der Waals surface area contributed by atoms with Gasteiger partial charge in [-0.2, -0.15) is 0 Å². The first-order valence-corrected chi connectivity index (χ1v) is 23.9. The Labute approximate surface area is 387 Å². The van der Waals surface area contributed by atoms with E-state index in [0.717, 1.165) is 12.0 Å². The van der Waals surface area contributed by atoms with Crippen molar-refractivity contribution in [3.63, 3.8) is 0 Å². The highest BCUT2D eigenvalue weighted by Crippen LogP contribution is 2.38. The number of amides is 1. The molecule has 65 heavy (non-hydrogen) atoms. The van der Waals surface area contributed by atoms with Gasteiger partial charge in [-0.05, 0) is 107 Å². The Morgan fingerprint density at radius 3 is 2.25 bits per heavy atom. The molecule has 0 radical (unpaired) electrons. The number of ether oxygens (including phenoxy) is 5. The molecule has 3 aliphatic heterocycles. The third kappa shape index (κ3) is 14.3. The van der Waals surface area contributed by atoms with Crippen LogP contribution >= 0.6 is 0 Å². The van der Waals surface area contributed by atoms with Crippen LogP contribution in [0.5, 0.6) is 0 Å². The zero-order chi connectivity index (χ0) is 48.2. The van der Waals surface area contributed by atoms with Crippen LogP contribution in [0.1, 0.15) is 126 Å². The van der Waals surface area contributed by atoms with E-state index >= 15 is 0 Å². The minimum Gasteiger partial charge on any atom is -0.460 e. The van der Waals surface area contributed by atoms with Gasteiger partial charge in [0.2, 0.25) is 5.79 Å². The van der Waals surface area contributed by atoms with Crippen LogP contribution in [0, 0.1) is 35.5 Å². The van der Waals surface area contributed by atoms with Crippen LogP contribution in [-0.4, -0.2) is 132 Å². The number of esters is 1. The number of methoxy groups -OCH3 is 3. The van der Waals surface area contributed by atoms with Crippen LogP contribution in [0.15, 0.2) is 47.6 Å². The summed E-state index contributed by atoms with van der Waals surface area (Å²) in [5.41, 5.74) is 1.27. The number of ketones is 3. The van der Waals surface area contributed by atoms with Crippen molar-refractivity contribution in [2.45, 2.75) is 180 Å². The number of rotatable bonds is 6. The fourth-order valence-corrected chi connectivity index (χ4v) is 10.1. The number of nitrogens with zero attached hydrogens (tertiary/aromatic N) is 1. The summed E-state index contributed by atoms with van der Waals surface area (Å²) < 4.78 is 29.4. The van der Waals surface area contributed by atoms with Gasteiger partial charge in [-0.1, -0.05) is 71.1 Å². The van der Waals surface area contributed by atoms with E-state index in [1.54, 1.807) is 41.1 Å². The fourth-order valence-electron chi connectivity index (χ4n) is 10.1. The molecule has 4 aliphatic rings. The standard InChI is InChI=1S/C51H79NO13/c1-30-16-12-11-13-17-31(2)42(61-8)28-38-21-19-36(7)51(60,65-38)48(57)49(58)52-23-15-14-18-39(52)50(59)64-43(33(4)26-37-20-22-40(53)44(27-37)62-9)29-41(54)32(3)25-35(6)46(56)47(63-10)45(55)34(5)24-30/h11-13,16-17,25,30,32-34,36-40,42-44,46-47,53,56,60H,14-15,18-24,26-29H2,1-10H3/b13-11?,16-12-,31-17?,35-25?/t30-,32-,33-,34-,36-,37+,38+,39+,40-,42?,43+,44-,46-,47+,51-/m1/s1. The molecule has 14 nitrogen and oxygen atoms in total. The molecule has 4 rings (SSSR count). The maximum Gasteiger partial charge on any atom is 0.329 e. The van der Waals surface area contributed by atoms with E-state index in [0.29, 0.717) is 63.4 Å². The van der Waals surface area contributed by atoms with Crippen molar-refractivity contribution in [3.8, 4) is 0 Å². The van der Waals surface area contributed by atoms with Crippen LogP contribution < -0.4 is 0 Å². The predicted molar refractivity (Wildman–Crippen MR) is 245 cm³/mol. The predicted octanol–water partition coefficient (Wildman–Crippen LogP) is 6.18. The quantitative estimate of drug-likeness (QED) is 0.156. The highest BCUT2D eigenvalue weighted by atomic mass is 16.6. The normalized spacial score (nSPS) is 38.3. The van der Waals surface area contributed by atoms with Gasteiger partial charge in [-0.15, -0.1) is 0 Å². The minimum atomic E-state index is -2.43. The number of fused-ring (bicyclic) bond motifs is 3. The average molecular weight is 914 g/mol. The number of piperidine rings is 1. The molecule has 3 fully saturated rings. The van der Waals surface area contributed by atoms with Crippen molar-refractivity contribution in [3.05, 3.63) is 47.6 Å². The van der Waals surface area contributed by atoms with Crippen LogP contribution in [0.3, 0.4) is 0 Å². The van der Waals surface area contributed by atoms with Crippen LogP contribution in [0.25, 0.3) is 0 Å². The lowest BCUT2D eigenvalue weighted by Crippen LogP contribution is -2.61. The number of allylic oxidation sites excluding steroid dienone is 6. The van der Waals surface area contributed by atoms with E-state index in [1.165, 1.54) is 12.0 Å². The molecular formula is C51H79NO13. The summed E-state index contributed by atoms with van der Waals surface area (Å²) in [6.45, 7) is 12.7. The maximum atomic E-state index is 14.4. The molecule has 2 saturated heterocycles. The van der Waals surface area contributed by atoms with Crippen molar-refractivity contribution in [2.75, 3.05) is 27.9 Å². The number of aliphatic hydroxyl groups is 3. The summed E-state index contributed by atoms with van der Waals surface area (Å²) in [6.07, 6.45) is 11.2. The molecule has 1 amide bonds. The Bertz CT molecular complexity index is 1760. The molecule has 0 spiro atoms. The molecule has 0 aromatic rings. The molecule has 1 saturated carbocycles. The van der Waals surface area contributed by atoms with Gasteiger partial charge in [0.1, 0.15) is 30.1 Å². The SMILES string of the molecule is COC1C[C@@H]2CC[C@@H](C)[C@@](O)(O2)C(=O)C(=O)N2CCCC[C@H]2C(=O)O[C@H]([C@H](C)C[C@@H]2CC[C@@H](O)[C@H](OC)C2)CC(=O)[C@H](C)C=C(C)[C@@H](O)[C@@H](OC)C(=O)[C@H](C)C[C@H](C)/C=C\C=CC=C1C. The number of carbonyl (C=O) groups excluding carboxylic acids is 5. The van der Waals surface area contributed by atoms with Gasteiger partial charge in [0.05, 0.1) is 24.4 Å². The number of hydrogen-bond donors (Lipinski definition) is 3. The summed E-state index contributed by atoms with van der Waals surface area (Å²) in [5, 5.41) is 33.8. The first-order valence-electron chi connectivity index (χ1n) is 23.9. The fraction of sp³-hybridized carbons (Fsp3) is 0.745. The Morgan fingerprint density at radius 2 is 1.57 bits per heavy atom. The molecule has 1 unspecified atom stereocenters. The summed E-state index contributed by atoms with van der Waals surface area (Å²) in [7, 11) is 4.52. The molecule has 14 heteroatoms. The second-order valence-corrected chi connectivity index (χ2v) is 19.6.